The van der Waals surface area contributed by atoms with Crippen LogP contribution >= 0.6 is 15.9 Å². The van der Waals surface area contributed by atoms with E-state index in [-0.39, 0.29) is 11.8 Å². The molecule has 3 rings (SSSR count). The number of furan rings is 1. The summed E-state index contributed by atoms with van der Waals surface area (Å²) in [5, 5.41) is 12.9. The van der Waals surface area contributed by atoms with Crippen LogP contribution in [0.3, 0.4) is 0 Å². The summed E-state index contributed by atoms with van der Waals surface area (Å²) >= 11 is 3.24. The van der Waals surface area contributed by atoms with E-state index in [0.29, 0.717) is 28.6 Å². The van der Waals surface area contributed by atoms with Gasteiger partial charge in [0.25, 0.3) is 0 Å². The summed E-state index contributed by atoms with van der Waals surface area (Å²) < 4.78 is 5.92. The minimum atomic E-state index is -0.207. The van der Waals surface area contributed by atoms with Gasteiger partial charge >= 0.3 is 0 Å². The summed E-state index contributed by atoms with van der Waals surface area (Å²) in [7, 11) is 0. The number of rotatable bonds is 5. The van der Waals surface area contributed by atoms with E-state index < -0.39 is 0 Å². The predicted molar refractivity (Wildman–Crippen MR) is 101 cm³/mol. The Bertz CT molecular complexity index is 912. The number of halogens is 1. The van der Waals surface area contributed by atoms with Crippen LogP contribution in [-0.2, 0) is 4.79 Å². The van der Waals surface area contributed by atoms with Crippen molar-refractivity contribution in [3.8, 4) is 28.5 Å². The Morgan fingerprint density at radius 3 is 2.20 bits per heavy atom. The molecule has 2 aromatic carbocycles. The van der Waals surface area contributed by atoms with Crippen molar-refractivity contribution in [2.24, 2.45) is 0 Å². The molecule has 0 aliphatic carbocycles. The molecule has 0 unspecified atom stereocenters. The molecule has 5 heteroatoms. The molecule has 124 valence electrons. The van der Waals surface area contributed by atoms with Gasteiger partial charge in [0.1, 0.15) is 17.4 Å². The van der Waals surface area contributed by atoms with E-state index in [1.165, 1.54) is 0 Å². The predicted octanol–water partition coefficient (Wildman–Crippen LogP) is 5.21. The van der Waals surface area contributed by atoms with Crippen molar-refractivity contribution in [2.75, 3.05) is 10.6 Å². The zero-order valence-corrected chi connectivity index (χ0v) is 14.9. The molecule has 1 amide bonds. The largest absolute Gasteiger partial charge is 0.438 e. The van der Waals surface area contributed by atoms with Crippen LogP contribution in [0.5, 0.6) is 0 Å². The fourth-order valence-electron chi connectivity index (χ4n) is 2.57. The number of amides is 1. The Kier molecular flexibility index (Phi) is 5.32. The highest BCUT2D eigenvalue weighted by atomic mass is 79.9. The topological polar surface area (TPSA) is 66.0 Å². The second kappa shape index (κ2) is 7.82. The van der Waals surface area contributed by atoms with Crippen LogP contribution < -0.4 is 5.32 Å². The van der Waals surface area contributed by atoms with E-state index in [1.807, 2.05) is 60.7 Å². The Morgan fingerprint density at radius 1 is 1.04 bits per heavy atom. The summed E-state index contributed by atoms with van der Waals surface area (Å²) in [6, 6.07) is 21.3. The quantitative estimate of drug-likeness (QED) is 0.604. The number of nitriles is 1. The lowest BCUT2D eigenvalue weighted by Crippen LogP contribution is -2.11. The summed E-state index contributed by atoms with van der Waals surface area (Å²) in [4.78, 5) is 12.0. The van der Waals surface area contributed by atoms with Crippen molar-refractivity contribution in [1.29, 1.82) is 5.26 Å². The first kappa shape index (κ1) is 17.0. The van der Waals surface area contributed by atoms with Gasteiger partial charge in [-0.2, -0.15) is 5.26 Å². The lowest BCUT2D eigenvalue weighted by atomic mass is 9.98. The average Bonchev–Trinajstić information content (AvgIpc) is 3.01. The monoisotopic (exact) mass is 394 g/mol. The number of nitrogens with one attached hydrogen (secondary N) is 1. The van der Waals surface area contributed by atoms with Gasteiger partial charge in [-0.1, -0.05) is 76.6 Å². The number of carbonyl (C=O) groups excluding carboxylic acids is 1. The third-order valence-electron chi connectivity index (χ3n) is 3.69. The van der Waals surface area contributed by atoms with Crippen molar-refractivity contribution < 1.29 is 9.21 Å². The van der Waals surface area contributed by atoms with Crippen molar-refractivity contribution in [1.82, 2.24) is 0 Å². The highest BCUT2D eigenvalue weighted by Crippen LogP contribution is 2.41. The molecule has 0 saturated heterocycles. The number of alkyl halides is 1. The molecular formula is C20H15BrN2O2. The maximum Gasteiger partial charge on any atom is 0.227 e. The average molecular weight is 395 g/mol. The van der Waals surface area contributed by atoms with Crippen LogP contribution in [0.25, 0.3) is 22.5 Å². The van der Waals surface area contributed by atoms with Gasteiger partial charge < -0.3 is 4.42 Å². The van der Waals surface area contributed by atoms with E-state index >= 15 is 0 Å². The molecule has 1 N–H and O–H groups in total. The number of hydrogen-bond acceptors (Lipinski definition) is 3. The van der Waals surface area contributed by atoms with Crippen LogP contribution in [0.2, 0.25) is 0 Å². The molecule has 4 nitrogen and oxygen atoms in total. The Labute approximate surface area is 154 Å². The van der Waals surface area contributed by atoms with Gasteiger partial charge in [-0.25, -0.2) is 0 Å². The van der Waals surface area contributed by atoms with Crippen molar-refractivity contribution >= 4 is 27.7 Å². The fourth-order valence-corrected chi connectivity index (χ4v) is 2.93. The molecule has 0 aliphatic heterocycles. The van der Waals surface area contributed by atoms with Crippen molar-refractivity contribution in [3.63, 3.8) is 0 Å². The molecule has 25 heavy (non-hydrogen) atoms. The highest BCUT2D eigenvalue weighted by Gasteiger charge is 2.23. The Balaban J connectivity index is 2.18. The van der Waals surface area contributed by atoms with Gasteiger partial charge in [-0.05, 0) is 5.56 Å². The summed E-state index contributed by atoms with van der Waals surface area (Å²) in [6.45, 7) is 0. The highest BCUT2D eigenvalue weighted by molar-refractivity contribution is 9.09. The van der Waals surface area contributed by atoms with Crippen LogP contribution in [0.4, 0.5) is 5.88 Å². The van der Waals surface area contributed by atoms with Crippen molar-refractivity contribution in [3.05, 3.63) is 66.2 Å². The van der Waals surface area contributed by atoms with E-state index in [2.05, 4.69) is 27.3 Å². The van der Waals surface area contributed by atoms with Gasteiger partial charge in [0.15, 0.2) is 0 Å². The third kappa shape index (κ3) is 3.65. The Hall–Kier alpha value is -2.84. The number of carbonyl (C=O) groups is 1. The molecule has 1 heterocycles. The van der Waals surface area contributed by atoms with Crippen molar-refractivity contribution in [2.45, 2.75) is 6.42 Å². The van der Waals surface area contributed by atoms with E-state index in [0.717, 1.165) is 11.1 Å². The molecule has 0 spiro atoms. The molecule has 1 aromatic heterocycles. The van der Waals surface area contributed by atoms with Gasteiger partial charge in [0.2, 0.25) is 11.8 Å². The first-order valence-electron chi connectivity index (χ1n) is 7.78. The smallest absolute Gasteiger partial charge is 0.227 e. The van der Waals surface area contributed by atoms with Gasteiger partial charge in [-0.3, -0.25) is 10.1 Å². The number of anilines is 1. The maximum absolute atomic E-state index is 12.0. The lowest BCUT2D eigenvalue weighted by Gasteiger charge is -2.03. The van der Waals surface area contributed by atoms with Crippen LogP contribution in [-0.4, -0.2) is 11.2 Å². The fraction of sp³-hybridized carbons (Fsp3) is 0.100. The summed E-state index contributed by atoms with van der Waals surface area (Å²) in [5.74, 6) is 0.546. The normalized spacial score (nSPS) is 10.2. The first-order valence-corrected chi connectivity index (χ1v) is 8.90. The van der Waals surface area contributed by atoms with E-state index in [9.17, 15) is 10.1 Å². The van der Waals surface area contributed by atoms with Crippen LogP contribution in [0.1, 0.15) is 12.0 Å². The zero-order valence-electron chi connectivity index (χ0n) is 13.3. The number of nitrogens with zero attached hydrogens (tertiary/aromatic N) is 1. The van der Waals surface area contributed by atoms with Crippen LogP contribution in [0.15, 0.2) is 65.1 Å². The second-order valence-electron chi connectivity index (χ2n) is 5.34. The summed E-state index contributed by atoms with van der Waals surface area (Å²) in [5.41, 5.74) is 2.72. The van der Waals surface area contributed by atoms with Gasteiger partial charge in [-0.15, -0.1) is 0 Å². The molecule has 0 aliphatic rings. The second-order valence-corrected chi connectivity index (χ2v) is 6.13. The third-order valence-corrected chi connectivity index (χ3v) is 4.09. The molecule has 3 aromatic rings. The number of benzene rings is 2. The first-order chi connectivity index (χ1) is 12.2. The van der Waals surface area contributed by atoms with Gasteiger partial charge in [0, 0.05) is 22.9 Å². The minimum Gasteiger partial charge on any atom is -0.438 e. The molecular weight excluding hydrogens is 380 g/mol. The SMILES string of the molecule is N#Cc1c(NC(=O)CCBr)oc(-c2ccccc2)c1-c1ccccc1. The van der Waals surface area contributed by atoms with E-state index in [1.54, 1.807) is 0 Å². The van der Waals surface area contributed by atoms with Crippen LogP contribution in [0, 0.1) is 11.3 Å². The lowest BCUT2D eigenvalue weighted by molar-refractivity contribution is -0.115. The van der Waals surface area contributed by atoms with E-state index in [4.69, 9.17) is 4.42 Å². The van der Waals surface area contributed by atoms with Gasteiger partial charge in [0.05, 0.1) is 0 Å². The molecule has 0 radical (unpaired) electrons. The summed E-state index contributed by atoms with van der Waals surface area (Å²) in [6.07, 6.45) is 0.299. The maximum atomic E-state index is 12.0. The Morgan fingerprint density at radius 2 is 1.64 bits per heavy atom. The zero-order chi connectivity index (χ0) is 17.6. The standard InChI is InChI=1S/C20H15BrN2O2/c21-12-11-17(24)23-20-16(13-22)18(14-7-3-1-4-8-14)19(25-20)15-9-5-2-6-10-15/h1-10H,11-12H2,(H,23,24). The molecule has 0 bridgehead atoms. The minimum absolute atomic E-state index is 0.186. The molecule has 0 atom stereocenters. The number of hydrogen-bond donors (Lipinski definition) is 1. The molecule has 0 saturated carbocycles. The molecule has 0 fully saturated rings.